The number of carbonyl (C=O) groups excluding carboxylic acids is 1. The molecule has 1 amide bonds. The number of aromatic nitrogens is 3. The summed E-state index contributed by atoms with van der Waals surface area (Å²) in [4.78, 5) is 12.6. The van der Waals surface area contributed by atoms with E-state index in [1.165, 1.54) is 0 Å². The molecule has 1 aliphatic rings. The van der Waals surface area contributed by atoms with Gasteiger partial charge in [0.2, 0.25) is 0 Å². The Morgan fingerprint density at radius 3 is 2.63 bits per heavy atom. The molecule has 0 saturated heterocycles. The van der Waals surface area contributed by atoms with E-state index in [1.807, 2.05) is 18.2 Å². The fourth-order valence-corrected chi connectivity index (χ4v) is 2.95. The second-order valence-corrected chi connectivity index (χ2v) is 6.38. The Morgan fingerprint density at radius 2 is 1.90 bits per heavy atom. The summed E-state index contributed by atoms with van der Waals surface area (Å²) in [6.07, 6.45) is 0. The van der Waals surface area contributed by atoms with Crippen molar-refractivity contribution in [3.05, 3.63) is 53.9 Å². The number of nitrogens with two attached hydrogens (primary N) is 1. The van der Waals surface area contributed by atoms with Gasteiger partial charge in [-0.05, 0) is 43.3 Å². The molecule has 2 heterocycles. The third-order valence-corrected chi connectivity index (χ3v) is 4.38. The maximum Gasteiger partial charge on any atom is 0.278 e. The van der Waals surface area contributed by atoms with Crippen LogP contribution in [0, 0.1) is 6.92 Å². The smallest absolute Gasteiger partial charge is 0.278 e. The molecular formula is C20H22ClN5O4. The van der Waals surface area contributed by atoms with E-state index in [0.717, 1.165) is 5.69 Å². The van der Waals surface area contributed by atoms with Gasteiger partial charge in [-0.1, -0.05) is 5.21 Å². The average molecular weight is 432 g/mol. The molecule has 3 N–H and O–H groups in total. The number of anilines is 1. The minimum atomic E-state index is -0.345. The summed E-state index contributed by atoms with van der Waals surface area (Å²) >= 11 is 0. The number of nitrogens with zero attached hydrogens (tertiary/aromatic N) is 3. The molecule has 0 bridgehead atoms. The number of rotatable bonds is 6. The van der Waals surface area contributed by atoms with Crippen LogP contribution in [-0.4, -0.2) is 47.3 Å². The summed E-state index contributed by atoms with van der Waals surface area (Å²) in [5.74, 6) is 1.68. The van der Waals surface area contributed by atoms with Crippen molar-refractivity contribution >= 4 is 24.0 Å². The normalized spacial score (nSPS) is 12.1. The molecule has 2 aromatic carbocycles. The lowest BCUT2D eigenvalue weighted by Crippen LogP contribution is -2.16. The highest BCUT2D eigenvalue weighted by molar-refractivity contribution is 6.03. The van der Waals surface area contributed by atoms with E-state index in [-0.39, 0.29) is 24.0 Å². The molecule has 0 radical (unpaired) electrons. The zero-order valence-corrected chi connectivity index (χ0v) is 17.1. The maximum atomic E-state index is 12.6. The Bertz CT molecular complexity index is 1020. The summed E-state index contributed by atoms with van der Waals surface area (Å²) in [5.41, 5.74) is 7.63. The molecule has 1 aliphatic heterocycles. The van der Waals surface area contributed by atoms with Gasteiger partial charge in [-0.2, -0.15) is 0 Å². The average Bonchev–Trinajstić information content (AvgIpc) is 3.14. The molecule has 0 saturated carbocycles. The molecule has 0 atom stereocenters. The van der Waals surface area contributed by atoms with Crippen molar-refractivity contribution in [3.8, 4) is 22.9 Å². The number of fused-ring (bicyclic) bond motifs is 1. The first-order valence-electron chi connectivity index (χ1n) is 9.22. The zero-order chi connectivity index (χ0) is 20.2. The van der Waals surface area contributed by atoms with Crippen molar-refractivity contribution in [2.45, 2.75) is 6.92 Å². The molecule has 158 valence electrons. The quantitative estimate of drug-likeness (QED) is 0.615. The number of nitrogens with one attached hydrogen (secondary N) is 1. The first kappa shape index (κ1) is 21.4. The van der Waals surface area contributed by atoms with Gasteiger partial charge >= 0.3 is 0 Å². The molecule has 10 heteroatoms. The molecule has 3 aromatic rings. The molecule has 0 fully saturated rings. The van der Waals surface area contributed by atoms with Crippen LogP contribution in [0.2, 0.25) is 0 Å². The fraction of sp³-hybridized carbons (Fsp3) is 0.250. The Balaban J connectivity index is 0.00000256. The van der Waals surface area contributed by atoms with E-state index in [0.29, 0.717) is 55.0 Å². The molecule has 4 rings (SSSR count). The number of halogens is 1. The predicted octanol–water partition coefficient (Wildman–Crippen LogP) is 2.36. The van der Waals surface area contributed by atoms with Crippen molar-refractivity contribution in [3.63, 3.8) is 0 Å². The second-order valence-electron chi connectivity index (χ2n) is 6.38. The van der Waals surface area contributed by atoms with E-state index in [9.17, 15) is 4.79 Å². The SMILES string of the molecule is Cc1c(C(=O)Nc2ccc(OCCN)cc2)nnn1-c1ccc2c(c1)OCCO2.Cl. The lowest BCUT2D eigenvalue weighted by atomic mass is 10.2. The number of benzene rings is 2. The van der Waals surface area contributed by atoms with Crippen LogP contribution in [0.3, 0.4) is 0 Å². The molecule has 0 spiro atoms. The van der Waals surface area contributed by atoms with Crippen LogP contribution in [0.25, 0.3) is 5.69 Å². The third-order valence-electron chi connectivity index (χ3n) is 4.38. The molecule has 9 nitrogen and oxygen atoms in total. The van der Waals surface area contributed by atoms with Gasteiger partial charge in [0.1, 0.15) is 25.6 Å². The Labute approximate surface area is 179 Å². The van der Waals surface area contributed by atoms with E-state index >= 15 is 0 Å². The van der Waals surface area contributed by atoms with Crippen LogP contribution in [-0.2, 0) is 0 Å². The van der Waals surface area contributed by atoms with Gasteiger partial charge in [0.25, 0.3) is 5.91 Å². The van der Waals surface area contributed by atoms with E-state index in [4.69, 9.17) is 19.9 Å². The van der Waals surface area contributed by atoms with Gasteiger partial charge < -0.3 is 25.3 Å². The van der Waals surface area contributed by atoms with Crippen LogP contribution in [0.5, 0.6) is 17.2 Å². The first-order chi connectivity index (χ1) is 14.2. The Hall–Kier alpha value is -3.30. The summed E-state index contributed by atoms with van der Waals surface area (Å²) < 4.78 is 18.2. The van der Waals surface area contributed by atoms with Crippen molar-refractivity contribution in [2.24, 2.45) is 5.73 Å². The number of hydrogen-bond acceptors (Lipinski definition) is 7. The van der Waals surface area contributed by atoms with Crippen LogP contribution >= 0.6 is 12.4 Å². The summed E-state index contributed by atoms with van der Waals surface area (Å²) in [7, 11) is 0. The summed E-state index contributed by atoms with van der Waals surface area (Å²) in [6, 6.07) is 12.5. The van der Waals surface area contributed by atoms with Gasteiger partial charge in [-0.3, -0.25) is 4.79 Å². The maximum absolute atomic E-state index is 12.6. The number of hydrogen-bond donors (Lipinski definition) is 2. The van der Waals surface area contributed by atoms with E-state index in [1.54, 1.807) is 35.9 Å². The lowest BCUT2D eigenvalue weighted by molar-refractivity contribution is 0.102. The van der Waals surface area contributed by atoms with Crippen molar-refractivity contribution < 1.29 is 19.0 Å². The standard InChI is InChI=1S/C20H21N5O4.ClH/c1-13-19(20(26)22-14-2-5-16(6-3-14)27-9-8-21)23-24-25(13)15-4-7-17-18(12-15)29-11-10-28-17;/h2-7,12H,8-11,21H2,1H3,(H,22,26);1H. The van der Waals surface area contributed by atoms with E-state index in [2.05, 4.69) is 15.6 Å². The van der Waals surface area contributed by atoms with Crippen LogP contribution < -0.4 is 25.3 Å². The lowest BCUT2D eigenvalue weighted by Gasteiger charge is -2.18. The van der Waals surface area contributed by atoms with Gasteiger partial charge in [-0.15, -0.1) is 17.5 Å². The molecular weight excluding hydrogens is 410 g/mol. The topological polar surface area (TPSA) is 114 Å². The monoisotopic (exact) mass is 431 g/mol. The molecule has 30 heavy (non-hydrogen) atoms. The van der Waals surface area contributed by atoms with Gasteiger partial charge in [-0.25, -0.2) is 4.68 Å². The van der Waals surface area contributed by atoms with Crippen molar-refractivity contribution in [1.82, 2.24) is 15.0 Å². The van der Waals surface area contributed by atoms with Crippen LogP contribution in [0.15, 0.2) is 42.5 Å². The minimum Gasteiger partial charge on any atom is -0.492 e. The zero-order valence-electron chi connectivity index (χ0n) is 16.3. The Kier molecular flexibility index (Phi) is 6.76. The van der Waals surface area contributed by atoms with Crippen molar-refractivity contribution in [2.75, 3.05) is 31.7 Å². The Morgan fingerprint density at radius 1 is 1.17 bits per heavy atom. The second kappa shape index (κ2) is 9.47. The molecule has 0 aliphatic carbocycles. The van der Waals surface area contributed by atoms with Gasteiger partial charge in [0.15, 0.2) is 17.2 Å². The van der Waals surface area contributed by atoms with Crippen LogP contribution in [0.1, 0.15) is 16.2 Å². The van der Waals surface area contributed by atoms with Crippen molar-refractivity contribution in [1.29, 1.82) is 0 Å². The van der Waals surface area contributed by atoms with Crippen LogP contribution in [0.4, 0.5) is 5.69 Å². The highest BCUT2D eigenvalue weighted by Crippen LogP contribution is 2.32. The van der Waals surface area contributed by atoms with Gasteiger partial charge in [0, 0.05) is 18.3 Å². The van der Waals surface area contributed by atoms with Gasteiger partial charge in [0.05, 0.1) is 11.4 Å². The fourth-order valence-electron chi connectivity index (χ4n) is 2.95. The molecule has 0 unspecified atom stereocenters. The predicted molar refractivity (Wildman–Crippen MR) is 113 cm³/mol. The summed E-state index contributed by atoms with van der Waals surface area (Å²) in [5, 5.41) is 11.0. The third kappa shape index (κ3) is 4.47. The highest BCUT2D eigenvalue weighted by atomic mass is 35.5. The first-order valence-corrected chi connectivity index (χ1v) is 9.22. The number of amides is 1. The summed E-state index contributed by atoms with van der Waals surface area (Å²) in [6.45, 7) is 3.69. The highest BCUT2D eigenvalue weighted by Gasteiger charge is 2.19. The molecule has 1 aromatic heterocycles. The number of carbonyl (C=O) groups is 1. The minimum absolute atomic E-state index is 0. The number of ether oxygens (including phenoxy) is 3. The van der Waals surface area contributed by atoms with E-state index < -0.39 is 0 Å². The largest absolute Gasteiger partial charge is 0.492 e.